The normalized spacial score (nSPS) is 19.1. The molecular weight excluding hydrogens is 430 g/mol. The van der Waals surface area contributed by atoms with Crippen LogP contribution in [0.4, 0.5) is 5.69 Å². The smallest absolute Gasteiger partial charge is 0.278 e. The van der Waals surface area contributed by atoms with Gasteiger partial charge in [0.2, 0.25) is 0 Å². The third kappa shape index (κ3) is 6.99. The number of ether oxygens (including phenoxy) is 2. The summed E-state index contributed by atoms with van der Waals surface area (Å²) in [7, 11) is 3.22. The molecule has 0 spiro atoms. The number of nitrogens with zero attached hydrogens (tertiary/aromatic N) is 2. The summed E-state index contributed by atoms with van der Waals surface area (Å²) >= 11 is 0. The minimum Gasteiger partial charge on any atom is -0.497 e. The molecule has 8 nitrogen and oxygen atoms in total. The van der Waals surface area contributed by atoms with Crippen LogP contribution in [-0.4, -0.2) is 51.1 Å². The van der Waals surface area contributed by atoms with Gasteiger partial charge in [0.25, 0.3) is 5.91 Å². The van der Waals surface area contributed by atoms with Crippen LogP contribution in [0.1, 0.15) is 36.2 Å². The fourth-order valence-electron chi connectivity index (χ4n) is 4.13. The number of hydrogen-bond donors (Lipinski definition) is 3. The van der Waals surface area contributed by atoms with Crippen molar-refractivity contribution in [3.63, 3.8) is 0 Å². The molecule has 1 aliphatic rings. The highest BCUT2D eigenvalue weighted by Gasteiger charge is 2.21. The van der Waals surface area contributed by atoms with Crippen molar-refractivity contribution in [3.05, 3.63) is 65.4 Å². The Morgan fingerprint density at radius 2 is 1.65 bits per heavy atom. The molecule has 5 N–H and O–H groups in total. The SMILES string of the molecule is COc1cc(CCC(N)=CC(N)=NC(=O)c2ccc(N3CC(C)N[C@H](C)C3)cc2)cc(OC)c1. The fourth-order valence-corrected chi connectivity index (χ4v) is 4.13. The van der Waals surface area contributed by atoms with E-state index in [1.807, 2.05) is 30.3 Å². The van der Waals surface area contributed by atoms with Gasteiger partial charge in [0.15, 0.2) is 0 Å². The van der Waals surface area contributed by atoms with E-state index in [1.165, 1.54) is 6.08 Å². The van der Waals surface area contributed by atoms with E-state index in [9.17, 15) is 4.79 Å². The second-order valence-electron chi connectivity index (χ2n) is 8.70. The fraction of sp³-hybridized carbons (Fsp3) is 0.385. The second kappa shape index (κ2) is 11.6. The Labute approximate surface area is 201 Å². The minimum absolute atomic E-state index is 0.0829. The third-order valence-corrected chi connectivity index (χ3v) is 5.71. The number of hydrogen-bond acceptors (Lipinski definition) is 6. The van der Waals surface area contributed by atoms with Gasteiger partial charge in [-0.15, -0.1) is 0 Å². The van der Waals surface area contributed by atoms with Gasteiger partial charge in [-0.05, 0) is 74.7 Å². The number of aryl methyl sites for hydroxylation is 1. The summed E-state index contributed by atoms with van der Waals surface area (Å²) in [5.41, 5.74) is 15.2. The summed E-state index contributed by atoms with van der Waals surface area (Å²) in [6.45, 7) is 6.19. The van der Waals surface area contributed by atoms with E-state index < -0.39 is 5.91 Å². The summed E-state index contributed by atoms with van der Waals surface area (Å²) < 4.78 is 10.6. The summed E-state index contributed by atoms with van der Waals surface area (Å²) in [6, 6.07) is 14.0. The van der Waals surface area contributed by atoms with E-state index >= 15 is 0 Å². The van der Waals surface area contributed by atoms with Gasteiger partial charge >= 0.3 is 0 Å². The van der Waals surface area contributed by atoms with Crippen LogP contribution in [0.5, 0.6) is 11.5 Å². The van der Waals surface area contributed by atoms with Crippen LogP contribution >= 0.6 is 0 Å². The van der Waals surface area contributed by atoms with Crippen LogP contribution in [0.2, 0.25) is 0 Å². The zero-order valence-corrected chi connectivity index (χ0v) is 20.4. The molecule has 34 heavy (non-hydrogen) atoms. The Bertz CT molecular complexity index is 1020. The van der Waals surface area contributed by atoms with Crippen LogP contribution in [0, 0.1) is 0 Å². The topological polar surface area (TPSA) is 115 Å². The van der Waals surface area contributed by atoms with E-state index in [2.05, 4.69) is 29.1 Å². The van der Waals surface area contributed by atoms with E-state index in [1.54, 1.807) is 26.4 Å². The number of nitrogens with one attached hydrogen (secondary N) is 1. The van der Waals surface area contributed by atoms with Crippen molar-refractivity contribution in [1.82, 2.24) is 5.32 Å². The first-order valence-electron chi connectivity index (χ1n) is 11.4. The lowest BCUT2D eigenvalue weighted by Gasteiger charge is -2.37. The second-order valence-corrected chi connectivity index (χ2v) is 8.70. The van der Waals surface area contributed by atoms with Gasteiger partial charge in [-0.1, -0.05) is 0 Å². The van der Waals surface area contributed by atoms with Crippen molar-refractivity contribution in [3.8, 4) is 11.5 Å². The number of anilines is 1. The highest BCUT2D eigenvalue weighted by atomic mass is 16.5. The van der Waals surface area contributed by atoms with E-state index in [4.69, 9.17) is 20.9 Å². The van der Waals surface area contributed by atoms with Gasteiger partial charge < -0.3 is 31.2 Å². The molecule has 1 unspecified atom stereocenters. The largest absolute Gasteiger partial charge is 0.497 e. The number of methoxy groups -OCH3 is 2. The number of carbonyl (C=O) groups is 1. The van der Waals surface area contributed by atoms with Gasteiger partial charge in [-0.2, -0.15) is 4.99 Å². The van der Waals surface area contributed by atoms with Crippen molar-refractivity contribution < 1.29 is 14.3 Å². The third-order valence-electron chi connectivity index (χ3n) is 5.71. The van der Waals surface area contributed by atoms with Gasteiger partial charge in [0, 0.05) is 48.2 Å². The van der Waals surface area contributed by atoms with Crippen molar-refractivity contribution in [1.29, 1.82) is 0 Å². The van der Waals surface area contributed by atoms with Crippen molar-refractivity contribution in [2.24, 2.45) is 16.5 Å². The molecule has 2 atom stereocenters. The van der Waals surface area contributed by atoms with Gasteiger partial charge in [-0.25, -0.2) is 0 Å². The van der Waals surface area contributed by atoms with Gasteiger partial charge in [-0.3, -0.25) is 4.79 Å². The molecule has 1 saturated heterocycles. The molecule has 1 amide bonds. The Kier molecular flexibility index (Phi) is 8.54. The maximum absolute atomic E-state index is 12.6. The standard InChI is InChI=1S/C26H35N5O3/c1-17-15-31(16-18(2)29-17)22-9-6-20(7-10-22)26(32)30-25(28)13-21(27)8-5-19-11-23(33-3)14-24(12-19)34-4/h6-7,9-14,17-18,29H,5,8,15-16,27H2,1-4H3,(H2,28,30,32)/t17-,18?/m1/s1. The molecule has 1 fully saturated rings. The Hall–Kier alpha value is -3.52. The lowest BCUT2D eigenvalue weighted by atomic mass is 10.1. The molecule has 0 radical (unpaired) electrons. The number of carbonyl (C=O) groups excluding carboxylic acids is 1. The minimum atomic E-state index is -0.396. The van der Waals surface area contributed by atoms with Crippen molar-refractivity contribution in [2.45, 2.75) is 38.8 Å². The zero-order chi connectivity index (χ0) is 24.7. The maximum Gasteiger partial charge on any atom is 0.278 e. The van der Waals surface area contributed by atoms with Crippen LogP contribution < -0.4 is 31.2 Å². The Morgan fingerprint density at radius 3 is 2.21 bits per heavy atom. The number of amides is 1. The molecule has 3 rings (SSSR count). The molecule has 2 aromatic carbocycles. The number of amidine groups is 1. The molecule has 1 heterocycles. The number of aliphatic imine (C=N–C) groups is 1. The van der Waals surface area contributed by atoms with Gasteiger partial charge in [0.1, 0.15) is 17.3 Å². The zero-order valence-electron chi connectivity index (χ0n) is 20.4. The maximum atomic E-state index is 12.6. The van der Waals surface area contributed by atoms with E-state index in [0.717, 1.165) is 35.8 Å². The average molecular weight is 466 g/mol. The first-order chi connectivity index (χ1) is 16.3. The quantitative estimate of drug-likeness (QED) is 0.406. The Morgan fingerprint density at radius 1 is 1.06 bits per heavy atom. The van der Waals surface area contributed by atoms with Crippen LogP contribution in [0.15, 0.2) is 59.2 Å². The highest BCUT2D eigenvalue weighted by molar-refractivity contribution is 6.06. The molecule has 2 aromatic rings. The lowest BCUT2D eigenvalue weighted by Crippen LogP contribution is -2.54. The number of piperazine rings is 1. The number of nitrogens with two attached hydrogens (primary N) is 2. The van der Waals surface area contributed by atoms with Crippen molar-refractivity contribution in [2.75, 3.05) is 32.2 Å². The van der Waals surface area contributed by atoms with Crippen molar-refractivity contribution >= 4 is 17.4 Å². The molecule has 0 bridgehead atoms. The molecule has 0 aromatic heterocycles. The molecule has 0 aliphatic carbocycles. The molecule has 182 valence electrons. The predicted octanol–water partition coefficient (Wildman–Crippen LogP) is 2.86. The summed E-state index contributed by atoms with van der Waals surface area (Å²) in [6.07, 6.45) is 2.76. The van der Waals surface area contributed by atoms with Crippen LogP contribution in [0.3, 0.4) is 0 Å². The van der Waals surface area contributed by atoms with Gasteiger partial charge in [0.05, 0.1) is 14.2 Å². The first kappa shape index (κ1) is 25.1. The summed E-state index contributed by atoms with van der Waals surface area (Å²) in [5, 5.41) is 3.52. The monoisotopic (exact) mass is 465 g/mol. The summed E-state index contributed by atoms with van der Waals surface area (Å²) in [4.78, 5) is 18.9. The van der Waals surface area contributed by atoms with E-state index in [0.29, 0.717) is 36.2 Å². The first-order valence-corrected chi connectivity index (χ1v) is 11.4. The number of allylic oxidation sites excluding steroid dienone is 1. The molecular formula is C26H35N5O3. The Balaban J connectivity index is 1.60. The summed E-state index contributed by atoms with van der Waals surface area (Å²) in [5.74, 6) is 1.12. The molecule has 8 heteroatoms. The van der Waals surface area contributed by atoms with E-state index in [-0.39, 0.29) is 5.84 Å². The van der Waals surface area contributed by atoms with Crippen LogP contribution in [-0.2, 0) is 6.42 Å². The lowest BCUT2D eigenvalue weighted by molar-refractivity contribution is 0.100. The molecule has 1 aliphatic heterocycles. The predicted molar refractivity (Wildman–Crippen MR) is 137 cm³/mol. The molecule has 0 saturated carbocycles. The average Bonchev–Trinajstić information content (AvgIpc) is 2.81. The number of rotatable bonds is 8. The number of benzene rings is 2. The highest BCUT2D eigenvalue weighted by Crippen LogP contribution is 2.24. The van der Waals surface area contributed by atoms with Crippen LogP contribution in [0.25, 0.3) is 0 Å².